The first-order valence-electron chi connectivity index (χ1n) is 21.1. The predicted molar refractivity (Wildman–Crippen MR) is 211 cm³/mol. The van der Waals surface area contributed by atoms with Crippen LogP contribution in [0.25, 0.3) is 0 Å². The normalized spacial score (nSPS) is 21.8. The molecule has 1 saturated heterocycles. The maximum atomic E-state index is 17.2. The summed E-state index contributed by atoms with van der Waals surface area (Å²) in [5.41, 5.74) is 0.767. The topological polar surface area (TPSA) is 143 Å². The highest BCUT2D eigenvalue weighted by Gasteiger charge is 2.69. The van der Waals surface area contributed by atoms with Gasteiger partial charge in [0.25, 0.3) is 5.79 Å². The molecule has 324 valence electrons. The lowest BCUT2D eigenvalue weighted by molar-refractivity contribution is -0.432. The van der Waals surface area contributed by atoms with Crippen molar-refractivity contribution in [3.05, 3.63) is 35.9 Å². The fourth-order valence-corrected chi connectivity index (χ4v) is 6.22. The van der Waals surface area contributed by atoms with Crippen molar-refractivity contribution < 1.29 is 56.6 Å². The van der Waals surface area contributed by atoms with Gasteiger partial charge < -0.3 is 48.9 Å². The van der Waals surface area contributed by atoms with E-state index in [9.17, 15) is 14.7 Å². The van der Waals surface area contributed by atoms with Crippen molar-refractivity contribution in [1.82, 2.24) is 10.6 Å². The number of carbonyl (C=O) groups excluding carboxylic acids is 1. The highest BCUT2D eigenvalue weighted by atomic mass is 19.3. The van der Waals surface area contributed by atoms with Crippen molar-refractivity contribution in [3.63, 3.8) is 0 Å². The molecular weight excluding hydrogens is 730 g/mol. The SMILES string of the molecule is CCCCOC[C@H]1O[C@@](OCCCC)(C(F)(F)CNCCCC[C@H](NC(=O)OCc2ccccc2)C(=O)O)[C@H](OCCCC)[C@@H](OCCCC)[C@H]1OCCCC. The first kappa shape index (κ1) is 49.7. The number of hydrogen-bond acceptors (Lipinski definition) is 10. The van der Waals surface area contributed by atoms with Crippen LogP contribution in [0, 0.1) is 0 Å². The minimum absolute atomic E-state index is 0.000212. The van der Waals surface area contributed by atoms with Crippen LogP contribution in [0.15, 0.2) is 30.3 Å². The van der Waals surface area contributed by atoms with Crippen LogP contribution in [-0.4, -0.2) is 112 Å². The van der Waals surface area contributed by atoms with Gasteiger partial charge in [-0.15, -0.1) is 0 Å². The van der Waals surface area contributed by atoms with Gasteiger partial charge in [-0.2, -0.15) is 8.78 Å². The van der Waals surface area contributed by atoms with E-state index < -0.39 is 60.8 Å². The van der Waals surface area contributed by atoms with Crippen LogP contribution in [0.1, 0.15) is 124 Å². The zero-order valence-electron chi connectivity index (χ0n) is 34.7. The molecular formula is C42H72F2N2O10. The Hall–Kier alpha value is -2.46. The minimum atomic E-state index is -3.62. The lowest BCUT2D eigenvalue weighted by atomic mass is 9.87. The third-order valence-corrected chi connectivity index (χ3v) is 9.60. The first-order chi connectivity index (χ1) is 27.1. The third-order valence-electron chi connectivity index (χ3n) is 9.60. The van der Waals surface area contributed by atoms with Gasteiger partial charge in [0.05, 0.1) is 19.8 Å². The molecule has 1 aromatic rings. The molecule has 0 saturated carbocycles. The Morgan fingerprint density at radius 1 is 0.804 bits per heavy atom. The number of alkyl halides is 2. The molecule has 6 atom stereocenters. The number of carboxylic acids is 1. The molecule has 1 heterocycles. The number of alkyl carbamates (subject to hydrolysis) is 1. The maximum Gasteiger partial charge on any atom is 0.408 e. The van der Waals surface area contributed by atoms with Gasteiger partial charge in [0.2, 0.25) is 0 Å². The average Bonchev–Trinajstić information content (AvgIpc) is 3.18. The van der Waals surface area contributed by atoms with Gasteiger partial charge in [-0.25, -0.2) is 9.59 Å². The quantitative estimate of drug-likeness (QED) is 0.0595. The molecule has 1 aliphatic rings. The Morgan fingerprint density at radius 3 is 2.02 bits per heavy atom. The summed E-state index contributed by atoms with van der Waals surface area (Å²) in [6.45, 7) is 10.9. The molecule has 1 aliphatic heterocycles. The molecule has 2 rings (SSSR count). The summed E-state index contributed by atoms with van der Waals surface area (Å²) >= 11 is 0. The molecule has 1 amide bonds. The van der Waals surface area contributed by atoms with Crippen LogP contribution < -0.4 is 10.6 Å². The molecule has 3 N–H and O–H groups in total. The maximum absolute atomic E-state index is 17.2. The average molecular weight is 803 g/mol. The summed E-state index contributed by atoms with van der Waals surface area (Å²) in [5.74, 6) is -7.35. The highest BCUT2D eigenvalue weighted by molar-refractivity contribution is 5.79. The summed E-state index contributed by atoms with van der Waals surface area (Å²) < 4.78 is 77.6. The van der Waals surface area contributed by atoms with E-state index >= 15 is 8.78 Å². The molecule has 0 aliphatic carbocycles. The number of aliphatic carboxylic acids is 1. The van der Waals surface area contributed by atoms with Crippen molar-refractivity contribution in [1.29, 1.82) is 0 Å². The predicted octanol–water partition coefficient (Wildman–Crippen LogP) is 8.05. The number of carbonyl (C=O) groups is 2. The van der Waals surface area contributed by atoms with Crippen molar-refractivity contribution in [2.45, 2.75) is 167 Å². The van der Waals surface area contributed by atoms with E-state index in [0.29, 0.717) is 45.5 Å². The molecule has 14 heteroatoms. The number of carboxylic acid groups (broad SMARTS) is 1. The Bertz CT molecular complexity index is 1170. The van der Waals surface area contributed by atoms with Crippen LogP contribution in [0.3, 0.4) is 0 Å². The molecule has 0 spiro atoms. The number of halogens is 2. The lowest BCUT2D eigenvalue weighted by Crippen LogP contribution is -2.75. The van der Waals surface area contributed by atoms with Crippen molar-refractivity contribution in [2.24, 2.45) is 0 Å². The van der Waals surface area contributed by atoms with E-state index in [1.807, 2.05) is 39.0 Å². The third kappa shape index (κ3) is 17.2. The van der Waals surface area contributed by atoms with Gasteiger partial charge >= 0.3 is 18.0 Å². The number of unbranched alkanes of at least 4 members (excludes halogenated alkanes) is 6. The molecule has 1 aromatic carbocycles. The second-order valence-corrected chi connectivity index (χ2v) is 14.5. The first-order valence-corrected chi connectivity index (χ1v) is 21.1. The highest BCUT2D eigenvalue weighted by Crippen LogP contribution is 2.46. The van der Waals surface area contributed by atoms with E-state index in [0.717, 1.165) is 56.9 Å². The minimum Gasteiger partial charge on any atom is -0.480 e. The monoisotopic (exact) mass is 803 g/mol. The number of nitrogens with one attached hydrogen (secondary N) is 2. The molecule has 12 nitrogen and oxygen atoms in total. The van der Waals surface area contributed by atoms with Gasteiger partial charge in [0, 0.05) is 26.4 Å². The van der Waals surface area contributed by atoms with Crippen molar-refractivity contribution in [3.8, 4) is 0 Å². The zero-order valence-corrected chi connectivity index (χ0v) is 34.7. The van der Waals surface area contributed by atoms with Crippen molar-refractivity contribution in [2.75, 3.05) is 52.7 Å². The van der Waals surface area contributed by atoms with Gasteiger partial charge in [-0.05, 0) is 63.5 Å². The van der Waals surface area contributed by atoms with Crippen LogP contribution in [0.2, 0.25) is 0 Å². The Balaban J connectivity index is 2.28. The lowest BCUT2D eigenvalue weighted by Gasteiger charge is -2.54. The molecule has 0 radical (unpaired) electrons. The van der Waals surface area contributed by atoms with Gasteiger partial charge in [-0.1, -0.05) is 97.1 Å². The summed E-state index contributed by atoms with van der Waals surface area (Å²) in [4.78, 5) is 24.2. The van der Waals surface area contributed by atoms with Crippen LogP contribution in [0.5, 0.6) is 0 Å². The second-order valence-electron chi connectivity index (χ2n) is 14.5. The zero-order chi connectivity index (χ0) is 41.1. The van der Waals surface area contributed by atoms with E-state index in [2.05, 4.69) is 24.5 Å². The Labute approximate surface area is 334 Å². The van der Waals surface area contributed by atoms with Crippen LogP contribution in [-0.2, 0) is 44.6 Å². The van der Waals surface area contributed by atoms with Crippen LogP contribution in [0.4, 0.5) is 13.6 Å². The summed E-state index contributed by atoms with van der Waals surface area (Å²) in [5, 5.41) is 15.0. The number of rotatable bonds is 33. The smallest absolute Gasteiger partial charge is 0.408 e. The van der Waals surface area contributed by atoms with Gasteiger partial charge in [-0.3, -0.25) is 0 Å². The molecule has 0 unspecified atom stereocenters. The van der Waals surface area contributed by atoms with Crippen molar-refractivity contribution >= 4 is 12.1 Å². The number of ether oxygens (including phenoxy) is 7. The van der Waals surface area contributed by atoms with E-state index in [1.54, 1.807) is 12.1 Å². The number of benzene rings is 1. The number of hydrogen-bond donors (Lipinski definition) is 3. The number of amides is 1. The fraction of sp³-hybridized carbons (Fsp3) is 0.810. The Kier molecular flexibility index (Phi) is 25.6. The van der Waals surface area contributed by atoms with Crippen LogP contribution >= 0.6 is 0 Å². The second kappa shape index (κ2) is 28.9. The van der Waals surface area contributed by atoms with E-state index in [4.69, 9.17) is 33.2 Å². The molecule has 1 fully saturated rings. The largest absolute Gasteiger partial charge is 0.480 e. The summed E-state index contributed by atoms with van der Waals surface area (Å²) in [6.07, 6.45) is 3.75. The molecule has 0 bridgehead atoms. The summed E-state index contributed by atoms with van der Waals surface area (Å²) in [6, 6.07) is 7.84. The van der Waals surface area contributed by atoms with Gasteiger partial charge in [0.15, 0.2) is 0 Å². The van der Waals surface area contributed by atoms with E-state index in [1.165, 1.54) is 0 Å². The van der Waals surface area contributed by atoms with Gasteiger partial charge in [0.1, 0.15) is 37.1 Å². The molecule has 56 heavy (non-hydrogen) atoms. The molecule has 0 aromatic heterocycles. The standard InChI is InChI=1S/C42H72F2N2O10/c1-6-11-25-50-31-35-36(51-26-12-7-2)37(52-27-13-8-3)38(53-28-14-9-4)42(56-35,55-29-15-10-5)41(43,44)32-45-24-20-19-23-34(39(47)48)46-40(49)54-30-33-21-17-16-18-22-33/h16-18,21-22,34-38,45H,6-15,19-20,23-32H2,1-5H3,(H,46,49)(H,47,48)/t34-,35+,36-,37-,38+,42+/m0/s1. The van der Waals surface area contributed by atoms with E-state index in [-0.39, 0.29) is 39.4 Å². The summed E-state index contributed by atoms with van der Waals surface area (Å²) in [7, 11) is 0. The Morgan fingerprint density at radius 2 is 1.39 bits per heavy atom. The fourth-order valence-electron chi connectivity index (χ4n) is 6.22.